The molecule has 0 saturated carbocycles. The summed E-state index contributed by atoms with van der Waals surface area (Å²) in [4.78, 5) is 17.0. The number of amides is 1. The van der Waals surface area contributed by atoms with Crippen LogP contribution in [0, 0.1) is 5.41 Å². The number of thioether (sulfide) groups is 2. The molecular weight excluding hydrogens is 398 g/mol. The lowest BCUT2D eigenvalue weighted by molar-refractivity contribution is 0.106. The Morgan fingerprint density at radius 3 is 2.48 bits per heavy atom. The summed E-state index contributed by atoms with van der Waals surface area (Å²) < 4.78 is 5.10. The van der Waals surface area contributed by atoms with Crippen molar-refractivity contribution in [3.05, 3.63) is 72.4 Å². The molecule has 2 aliphatic rings. The van der Waals surface area contributed by atoms with Gasteiger partial charge in [0.25, 0.3) is 0 Å². The fourth-order valence-electron chi connectivity index (χ4n) is 4.56. The first-order chi connectivity index (χ1) is 14.2. The Morgan fingerprint density at radius 2 is 1.79 bits per heavy atom. The van der Waals surface area contributed by atoms with Crippen LogP contribution in [0.25, 0.3) is 0 Å². The number of likely N-dealkylation sites (tertiary alicyclic amines) is 1. The molecule has 1 amide bonds. The second-order valence-electron chi connectivity index (χ2n) is 7.53. The average Bonchev–Trinajstić information content (AvgIpc) is 3.20. The SMILES string of the molecule is COC(=O)N1CC[C@@H](Sc2ccccc2)[C@]2(CCSc3ccccc3)CCC=C12. The summed E-state index contributed by atoms with van der Waals surface area (Å²) in [5, 5.41) is 0.468. The Bertz CT molecular complexity index is 856. The molecule has 0 N–H and O–H groups in total. The van der Waals surface area contributed by atoms with E-state index in [1.807, 2.05) is 28.4 Å². The average molecular weight is 426 g/mol. The number of benzene rings is 2. The molecule has 0 radical (unpaired) electrons. The predicted molar refractivity (Wildman–Crippen MR) is 121 cm³/mol. The maximum Gasteiger partial charge on any atom is 0.413 e. The van der Waals surface area contributed by atoms with Gasteiger partial charge in [-0.25, -0.2) is 4.79 Å². The van der Waals surface area contributed by atoms with E-state index in [0.717, 1.165) is 38.0 Å². The Morgan fingerprint density at radius 1 is 1.10 bits per heavy atom. The van der Waals surface area contributed by atoms with Gasteiger partial charge in [0.2, 0.25) is 0 Å². The van der Waals surface area contributed by atoms with Gasteiger partial charge >= 0.3 is 6.09 Å². The zero-order valence-corrected chi connectivity index (χ0v) is 18.4. The van der Waals surface area contributed by atoms with E-state index >= 15 is 0 Å². The van der Waals surface area contributed by atoms with Gasteiger partial charge in [-0.05, 0) is 55.7 Å². The molecule has 1 aliphatic carbocycles. The van der Waals surface area contributed by atoms with Crippen LogP contribution in [-0.4, -0.2) is 35.7 Å². The Balaban J connectivity index is 1.57. The maximum absolute atomic E-state index is 12.5. The lowest BCUT2D eigenvalue weighted by Gasteiger charge is -2.47. The van der Waals surface area contributed by atoms with Crippen LogP contribution in [0.1, 0.15) is 25.7 Å². The molecule has 1 saturated heterocycles. The van der Waals surface area contributed by atoms with Crippen molar-refractivity contribution in [3.63, 3.8) is 0 Å². The predicted octanol–water partition coefficient (Wildman–Crippen LogP) is 6.47. The van der Waals surface area contributed by atoms with Gasteiger partial charge in [-0.15, -0.1) is 23.5 Å². The zero-order valence-electron chi connectivity index (χ0n) is 16.8. The van der Waals surface area contributed by atoms with Crippen LogP contribution in [-0.2, 0) is 4.74 Å². The molecule has 0 bridgehead atoms. The molecule has 0 unspecified atom stereocenters. The maximum atomic E-state index is 12.5. The van der Waals surface area contributed by atoms with Crippen LogP contribution in [0.4, 0.5) is 4.79 Å². The normalized spacial score (nSPS) is 23.4. The molecule has 0 aromatic heterocycles. The van der Waals surface area contributed by atoms with Crippen LogP contribution in [0.3, 0.4) is 0 Å². The van der Waals surface area contributed by atoms with Crippen LogP contribution in [0.5, 0.6) is 0 Å². The number of fused-ring (bicyclic) bond motifs is 1. The third-order valence-corrected chi connectivity index (χ3v) is 8.47. The van der Waals surface area contributed by atoms with Gasteiger partial charge < -0.3 is 4.74 Å². The third-order valence-electron chi connectivity index (χ3n) is 5.94. The van der Waals surface area contributed by atoms with Crippen molar-refractivity contribution in [1.82, 2.24) is 4.90 Å². The standard InChI is InChI=1S/C24H27NO2S2/c1-27-23(26)25-17-14-22(29-20-11-6-3-7-12-20)24(15-8-13-21(24)25)16-18-28-19-9-4-2-5-10-19/h2-7,9-13,22H,8,14-18H2,1H3/t22-,24+/m1/s1. The number of hydrogen-bond acceptors (Lipinski definition) is 4. The molecule has 2 aromatic rings. The quantitative estimate of drug-likeness (QED) is 0.496. The highest BCUT2D eigenvalue weighted by Gasteiger charge is 2.50. The minimum absolute atomic E-state index is 0.0225. The third kappa shape index (κ3) is 4.36. The molecule has 3 nitrogen and oxygen atoms in total. The zero-order chi connectivity index (χ0) is 20.1. The summed E-state index contributed by atoms with van der Waals surface area (Å²) in [6, 6.07) is 21.3. The summed E-state index contributed by atoms with van der Waals surface area (Å²) in [5.41, 5.74) is 1.21. The molecule has 1 aliphatic heterocycles. The van der Waals surface area contributed by atoms with Crippen LogP contribution in [0.2, 0.25) is 0 Å². The van der Waals surface area contributed by atoms with Gasteiger partial charge in [-0.1, -0.05) is 42.5 Å². The highest BCUT2D eigenvalue weighted by molar-refractivity contribution is 8.00. The number of piperidine rings is 1. The number of hydrogen-bond donors (Lipinski definition) is 0. The largest absolute Gasteiger partial charge is 0.452 e. The first-order valence-corrected chi connectivity index (χ1v) is 12.1. The molecule has 0 spiro atoms. The van der Waals surface area contributed by atoms with Gasteiger partial charge in [-0.3, -0.25) is 4.90 Å². The molecule has 152 valence electrons. The van der Waals surface area contributed by atoms with E-state index in [1.54, 1.807) is 0 Å². The van der Waals surface area contributed by atoms with E-state index in [-0.39, 0.29) is 11.5 Å². The first kappa shape index (κ1) is 20.4. The second kappa shape index (κ2) is 9.31. The van der Waals surface area contributed by atoms with Crippen LogP contribution < -0.4 is 0 Å². The molecule has 2 atom stereocenters. The summed E-state index contributed by atoms with van der Waals surface area (Å²) >= 11 is 3.89. The van der Waals surface area contributed by atoms with Crippen LogP contribution in [0.15, 0.2) is 82.2 Å². The molecular formula is C24H27NO2S2. The molecule has 29 heavy (non-hydrogen) atoms. The topological polar surface area (TPSA) is 29.5 Å². The van der Waals surface area contributed by atoms with E-state index in [0.29, 0.717) is 5.25 Å². The summed E-state index contributed by atoms with van der Waals surface area (Å²) in [6.07, 6.45) is 6.25. The van der Waals surface area contributed by atoms with Gasteiger partial charge in [0.15, 0.2) is 0 Å². The minimum atomic E-state index is -0.221. The molecule has 4 rings (SSSR count). The van der Waals surface area contributed by atoms with E-state index in [2.05, 4.69) is 66.7 Å². The lowest BCUT2D eigenvalue weighted by atomic mass is 9.74. The Kier molecular flexibility index (Phi) is 6.56. The fourth-order valence-corrected chi connectivity index (χ4v) is 7.06. The Labute approximate surface area is 181 Å². The van der Waals surface area contributed by atoms with Crippen LogP contribution >= 0.6 is 23.5 Å². The van der Waals surface area contributed by atoms with Crippen molar-refractivity contribution in [2.45, 2.75) is 40.7 Å². The first-order valence-electron chi connectivity index (χ1n) is 10.2. The highest BCUT2D eigenvalue weighted by atomic mass is 32.2. The molecule has 5 heteroatoms. The van der Waals surface area contributed by atoms with Gasteiger partial charge in [0.1, 0.15) is 0 Å². The van der Waals surface area contributed by atoms with Crippen molar-refractivity contribution < 1.29 is 9.53 Å². The number of allylic oxidation sites excluding steroid dienone is 2. The van der Waals surface area contributed by atoms with Crippen molar-refractivity contribution in [2.24, 2.45) is 5.41 Å². The van der Waals surface area contributed by atoms with Crippen molar-refractivity contribution in [2.75, 3.05) is 19.4 Å². The minimum Gasteiger partial charge on any atom is -0.452 e. The highest BCUT2D eigenvalue weighted by Crippen LogP contribution is 2.56. The number of ether oxygens (including phenoxy) is 1. The number of methoxy groups -OCH3 is 1. The summed E-state index contributed by atoms with van der Waals surface area (Å²) in [7, 11) is 1.48. The van der Waals surface area contributed by atoms with Crippen molar-refractivity contribution in [3.8, 4) is 0 Å². The van der Waals surface area contributed by atoms with E-state index in [1.165, 1.54) is 22.6 Å². The number of carbonyl (C=O) groups is 1. The lowest BCUT2D eigenvalue weighted by Crippen LogP contribution is -2.49. The number of nitrogens with zero attached hydrogens (tertiary/aromatic N) is 1. The van der Waals surface area contributed by atoms with Gasteiger partial charge in [0.05, 0.1) is 7.11 Å². The summed E-state index contributed by atoms with van der Waals surface area (Å²) in [6.45, 7) is 0.733. The van der Waals surface area contributed by atoms with Gasteiger partial charge in [-0.2, -0.15) is 0 Å². The van der Waals surface area contributed by atoms with Gasteiger partial charge in [0, 0.05) is 32.7 Å². The van der Waals surface area contributed by atoms with Crippen molar-refractivity contribution >= 4 is 29.6 Å². The van der Waals surface area contributed by atoms with Crippen molar-refractivity contribution in [1.29, 1.82) is 0 Å². The number of carbonyl (C=O) groups excluding carboxylic acids is 1. The van der Waals surface area contributed by atoms with E-state index in [9.17, 15) is 4.79 Å². The van der Waals surface area contributed by atoms with E-state index < -0.39 is 0 Å². The fraction of sp³-hybridized carbons (Fsp3) is 0.375. The second-order valence-corrected chi connectivity index (χ2v) is 9.97. The monoisotopic (exact) mass is 425 g/mol. The molecule has 1 fully saturated rings. The Hall–Kier alpha value is -1.85. The summed E-state index contributed by atoms with van der Waals surface area (Å²) in [5.74, 6) is 1.04. The molecule has 1 heterocycles. The molecule has 2 aromatic carbocycles. The smallest absolute Gasteiger partial charge is 0.413 e. The number of rotatable bonds is 6. The van der Waals surface area contributed by atoms with E-state index in [4.69, 9.17) is 4.74 Å².